The van der Waals surface area contributed by atoms with Crippen LogP contribution in [0.15, 0.2) is 18.2 Å². The molecule has 2 unspecified atom stereocenters. The Balaban J connectivity index is 2.04. The van der Waals surface area contributed by atoms with Gasteiger partial charge in [0, 0.05) is 17.2 Å². The predicted octanol–water partition coefficient (Wildman–Crippen LogP) is 2.99. The Hall–Kier alpha value is -1.50. The van der Waals surface area contributed by atoms with Crippen LogP contribution in [0.4, 0.5) is 0 Å². The number of hydrogen-bond donors (Lipinski definition) is 2. The van der Waals surface area contributed by atoms with Crippen LogP contribution in [0.3, 0.4) is 0 Å². The Morgan fingerprint density at radius 3 is 2.95 bits per heavy atom. The third-order valence-corrected chi connectivity index (χ3v) is 4.12. The summed E-state index contributed by atoms with van der Waals surface area (Å²) in [5, 5.41) is 12.2. The van der Waals surface area contributed by atoms with E-state index in [4.69, 9.17) is 16.7 Å². The molecule has 0 saturated heterocycles. The molecule has 1 fully saturated rings. The number of amides is 1. The number of rotatable bonds is 2. The van der Waals surface area contributed by atoms with Crippen LogP contribution in [0.1, 0.15) is 48.5 Å². The van der Waals surface area contributed by atoms with Gasteiger partial charge in [-0.25, -0.2) is 0 Å². The van der Waals surface area contributed by atoms with Gasteiger partial charge in [0.2, 0.25) is 0 Å². The topological polar surface area (TPSA) is 49.3 Å². The van der Waals surface area contributed by atoms with E-state index < -0.39 is 0 Å². The second-order valence-electron chi connectivity index (χ2n) is 5.60. The van der Waals surface area contributed by atoms with Crippen molar-refractivity contribution in [1.82, 2.24) is 5.32 Å². The maximum absolute atomic E-state index is 12.3. The molecule has 1 saturated carbocycles. The van der Waals surface area contributed by atoms with Crippen LogP contribution < -0.4 is 5.32 Å². The normalized spacial score (nSPS) is 21.3. The summed E-state index contributed by atoms with van der Waals surface area (Å²) < 4.78 is 0. The van der Waals surface area contributed by atoms with E-state index in [0.29, 0.717) is 22.1 Å². The lowest BCUT2D eigenvalue weighted by Crippen LogP contribution is -2.37. The smallest absolute Gasteiger partial charge is 0.251 e. The first-order valence-corrected chi connectivity index (χ1v) is 7.68. The van der Waals surface area contributed by atoms with Crippen LogP contribution in [0.5, 0.6) is 0 Å². The highest BCUT2D eigenvalue weighted by molar-refractivity contribution is 6.32. The maximum atomic E-state index is 12.3. The van der Waals surface area contributed by atoms with Crippen LogP contribution in [0.2, 0.25) is 5.02 Å². The van der Waals surface area contributed by atoms with Crippen molar-refractivity contribution in [2.75, 3.05) is 6.61 Å². The van der Waals surface area contributed by atoms with Crippen molar-refractivity contribution in [1.29, 1.82) is 0 Å². The highest BCUT2D eigenvalue weighted by atomic mass is 35.5. The number of benzene rings is 1. The molecule has 1 aliphatic rings. The SMILES string of the molecule is CC1CCCC(NC(=O)c2ccc(C#CCO)c(Cl)c2)C1. The van der Waals surface area contributed by atoms with Crippen molar-refractivity contribution < 1.29 is 9.90 Å². The van der Waals surface area contributed by atoms with E-state index in [-0.39, 0.29) is 18.6 Å². The van der Waals surface area contributed by atoms with Crippen molar-refractivity contribution in [2.24, 2.45) is 5.92 Å². The van der Waals surface area contributed by atoms with E-state index in [1.54, 1.807) is 18.2 Å². The molecule has 0 aromatic heterocycles. The Labute approximate surface area is 130 Å². The number of carbonyl (C=O) groups is 1. The molecule has 1 amide bonds. The molecule has 1 aromatic carbocycles. The molecular formula is C17H20ClNO2. The number of halogens is 1. The highest BCUT2D eigenvalue weighted by Crippen LogP contribution is 2.24. The average Bonchev–Trinajstić information content (AvgIpc) is 2.46. The molecule has 0 radical (unpaired) electrons. The Bertz CT molecular complexity index is 574. The quantitative estimate of drug-likeness (QED) is 0.825. The first-order chi connectivity index (χ1) is 10.1. The van der Waals surface area contributed by atoms with Crippen LogP contribution >= 0.6 is 11.6 Å². The molecule has 4 heteroatoms. The molecule has 0 aliphatic heterocycles. The van der Waals surface area contributed by atoms with Gasteiger partial charge in [0.25, 0.3) is 5.91 Å². The zero-order chi connectivity index (χ0) is 15.2. The van der Waals surface area contributed by atoms with Gasteiger partial charge < -0.3 is 10.4 Å². The zero-order valence-electron chi connectivity index (χ0n) is 12.2. The van der Waals surface area contributed by atoms with E-state index in [1.165, 1.54) is 12.8 Å². The summed E-state index contributed by atoms with van der Waals surface area (Å²) in [6.07, 6.45) is 4.50. The van der Waals surface area contributed by atoms with E-state index in [9.17, 15) is 4.79 Å². The molecule has 112 valence electrons. The summed E-state index contributed by atoms with van der Waals surface area (Å²) in [5.74, 6) is 5.88. The van der Waals surface area contributed by atoms with Crippen LogP contribution in [-0.2, 0) is 0 Å². The van der Waals surface area contributed by atoms with Gasteiger partial charge in [0.1, 0.15) is 6.61 Å². The molecule has 1 aliphatic carbocycles. The number of hydrogen-bond acceptors (Lipinski definition) is 2. The van der Waals surface area contributed by atoms with Crippen molar-refractivity contribution in [3.05, 3.63) is 34.3 Å². The lowest BCUT2D eigenvalue weighted by Gasteiger charge is -2.27. The summed E-state index contributed by atoms with van der Waals surface area (Å²) in [4.78, 5) is 12.3. The molecule has 0 bridgehead atoms. The lowest BCUT2D eigenvalue weighted by molar-refractivity contribution is 0.0921. The minimum absolute atomic E-state index is 0.0855. The Kier molecular flexibility index (Phi) is 5.67. The van der Waals surface area contributed by atoms with Gasteiger partial charge in [-0.3, -0.25) is 4.79 Å². The third-order valence-electron chi connectivity index (χ3n) is 3.81. The monoisotopic (exact) mass is 305 g/mol. The molecule has 2 atom stereocenters. The molecule has 0 spiro atoms. The van der Waals surface area contributed by atoms with Gasteiger partial charge in [-0.1, -0.05) is 43.2 Å². The average molecular weight is 306 g/mol. The number of nitrogens with one attached hydrogen (secondary N) is 1. The van der Waals surface area contributed by atoms with Crippen LogP contribution in [-0.4, -0.2) is 23.7 Å². The first-order valence-electron chi connectivity index (χ1n) is 7.30. The fraction of sp³-hybridized carbons (Fsp3) is 0.471. The van der Waals surface area contributed by atoms with Gasteiger partial charge in [-0.05, 0) is 37.0 Å². The van der Waals surface area contributed by atoms with Crippen LogP contribution in [0.25, 0.3) is 0 Å². The summed E-state index contributed by atoms with van der Waals surface area (Å²) in [5.41, 5.74) is 1.17. The summed E-state index contributed by atoms with van der Waals surface area (Å²) in [6, 6.07) is 5.32. The summed E-state index contributed by atoms with van der Waals surface area (Å²) in [6.45, 7) is 2.02. The second kappa shape index (κ2) is 7.49. The second-order valence-corrected chi connectivity index (χ2v) is 6.00. The highest BCUT2D eigenvalue weighted by Gasteiger charge is 2.21. The molecule has 21 heavy (non-hydrogen) atoms. The standard InChI is InChI=1S/C17H20ClNO2/c1-12-4-2-6-15(10-12)19-17(21)14-8-7-13(5-3-9-20)16(18)11-14/h7-8,11-12,15,20H,2,4,6,9-10H2,1H3,(H,19,21). The first kappa shape index (κ1) is 15.9. The number of aliphatic hydroxyl groups is 1. The summed E-state index contributed by atoms with van der Waals surface area (Å²) in [7, 11) is 0. The van der Waals surface area contributed by atoms with E-state index in [1.807, 2.05) is 0 Å². The molecule has 2 N–H and O–H groups in total. The number of aliphatic hydroxyl groups excluding tert-OH is 1. The predicted molar refractivity (Wildman–Crippen MR) is 84.3 cm³/mol. The fourth-order valence-corrected chi connectivity index (χ4v) is 2.95. The van der Waals surface area contributed by atoms with Crippen molar-refractivity contribution >= 4 is 17.5 Å². The van der Waals surface area contributed by atoms with Crippen molar-refractivity contribution in [2.45, 2.75) is 38.6 Å². The number of carbonyl (C=O) groups excluding carboxylic acids is 1. The Morgan fingerprint density at radius 1 is 1.48 bits per heavy atom. The molecule has 3 nitrogen and oxygen atoms in total. The van der Waals surface area contributed by atoms with E-state index >= 15 is 0 Å². The minimum Gasteiger partial charge on any atom is -0.384 e. The van der Waals surface area contributed by atoms with Gasteiger partial charge in [0.15, 0.2) is 0 Å². The van der Waals surface area contributed by atoms with Crippen molar-refractivity contribution in [3.8, 4) is 11.8 Å². The van der Waals surface area contributed by atoms with E-state index in [0.717, 1.165) is 12.8 Å². The molecular weight excluding hydrogens is 286 g/mol. The molecule has 2 rings (SSSR count). The van der Waals surface area contributed by atoms with E-state index in [2.05, 4.69) is 24.1 Å². The van der Waals surface area contributed by atoms with Crippen LogP contribution in [0, 0.1) is 17.8 Å². The maximum Gasteiger partial charge on any atom is 0.251 e. The minimum atomic E-state index is -0.210. The largest absolute Gasteiger partial charge is 0.384 e. The van der Waals surface area contributed by atoms with Gasteiger partial charge >= 0.3 is 0 Å². The van der Waals surface area contributed by atoms with Gasteiger partial charge in [0.05, 0.1) is 5.02 Å². The van der Waals surface area contributed by atoms with Gasteiger partial charge in [-0.15, -0.1) is 0 Å². The molecule has 1 aromatic rings. The zero-order valence-corrected chi connectivity index (χ0v) is 12.9. The van der Waals surface area contributed by atoms with Crippen molar-refractivity contribution in [3.63, 3.8) is 0 Å². The summed E-state index contributed by atoms with van der Waals surface area (Å²) >= 11 is 6.11. The fourth-order valence-electron chi connectivity index (χ4n) is 2.73. The van der Waals surface area contributed by atoms with Gasteiger partial charge in [-0.2, -0.15) is 0 Å². The third kappa shape index (κ3) is 4.49. The lowest BCUT2D eigenvalue weighted by atomic mass is 9.87. The Morgan fingerprint density at radius 2 is 2.29 bits per heavy atom. The molecule has 0 heterocycles.